The molecule has 0 fully saturated rings. The highest BCUT2D eigenvalue weighted by Gasteiger charge is 2.12. The molecule has 23 heavy (non-hydrogen) atoms. The van der Waals surface area contributed by atoms with Crippen LogP contribution in [0, 0.1) is 0 Å². The van der Waals surface area contributed by atoms with Gasteiger partial charge in [-0.15, -0.1) is 0 Å². The Morgan fingerprint density at radius 3 is 2.30 bits per heavy atom. The zero-order valence-electron chi connectivity index (χ0n) is 13.2. The standard InChI is InChI=1S/C18H18N2O2S/c1-3-21-16-10-14-15(11-17(16)22-4-2)19-12-20-18(14)23-13-8-6-5-7-9-13/h5-12H,3-4H2,1-2H3. The second kappa shape index (κ2) is 7.33. The normalized spacial score (nSPS) is 10.7. The average Bonchev–Trinajstić information content (AvgIpc) is 2.57. The van der Waals surface area contributed by atoms with Gasteiger partial charge in [-0.3, -0.25) is 0 Å². The van der Waals surface area contributed by atoms with E-state index in [4.69, 9.17) is 9.47 Å². The van der Waals surface area contributed by atoms with Gasteiger partial charge in [-0.25, -0.2) is 9.97 Å². The molecule has 0 aliphatic rings. The van der Waals surface area contributed by atoms with Gasteiger partial charge in [0, 0.05) is 16.3 Å². The van der Waals surface area contributed by atoms with Crippen LogP contribution in [-0.4, -0.2) is 23.2 Å². The molecule has 3 aromatic rings. The third-order valence-corrected chi connectivity index (χ3v) is 4.25. The molecule has 1 heterocycles. The van der Waals surface area contributed by atoms with E-state index < -0.39 is 0 Å². The van der Waals surface area contributed by atoms with Crippen LogP contribution in [0.5, 0.6) is 11.5 Å². The highest BCUT2D eigenvalue weighted by Crippen LogP contribution is 2.37. The summed E-state index contributed by atoms with van der Waals surface area (Å²) < 4.78 is 11.4. The van der Waals surface area contributed by atoms with E-state index in [0.717, 1.165) is 32.3 Å². The van der Waals surface area contributed by atoms with Crippen molar-refractivity contribution in [2.75, 3.05) is 13.2 Å². The molecule has 0 aliphatic heterocycles. The summed E-state index contributed by atoms with van der Waals surface area (Å²) in [5.74, 6) is 1.45. The van der Waals surface area contributed by atoms with Crippen LogP contribution in [-0.2, 0) is 0 Å². The van der Waals surface area contributed by atoms with Crippen LogP contribution in [0.4, 0.5) is 0 Å². The number of hydrogen-bond acceptors (Lipinski definition) is 5. The monoisotopic (exact) mass is 326 g/mol. The van der Waals surface area contributed by atoms with Crippen LogP contribution in [0.1, 0.15) is 13.8 Å². The van der Waals surface area contributed by atoms with Crippen LogP contribution in [0.3, 0.4) is 0 Å². The minimum Gasteiger partial charge on any atom is -0.490 e. The van der Waals surface area contributed by atoms with Gasteiger partial charge in [0.15, 0.2) is 11.5 Å². The van der Waals surface area contributed by atoms with Gasteiger partial charge in [0.05, 0.1) is 18.7 Å². The summed E-state index contributed by atoms with van der Waals surface area (Å²) >= 11 is 1.62. The molecule has 0 saturated heterocycles. The first-order chi connectivity index (χ1) is 11.3. The van der Waals surface area contributed by atoms with Crippen molar-refractivity contribution in [1.82, 2.24) is 9.97 Å². The predicted molar refractivity (Wildman–Crippen MR) is 92.4 cm³/mol. The number of aromatic nitrogens is 2. The highest BCUT2D eigenvalue weighted by molar-refractivity contribution is 7.99. The Kier molecular flexibility index (Phi) is 4.98. The number of fused-ring (bicyclic) bond motifs is 1. The van der Waals surface area contributed by atoms with Crippen molar-refractivity contribution in [2.24, 2.45) is 0 Å². The molecule has 0 amide bonds. The van der Waals surface area contributed by atoms with E-state index in [1.807, 2.05) is 44.2 Å². The lowest BCUT2D eigenvalue weighted by atomic mass is 10.2. The van der Waals surface area contributed by atoms with Gasteiger partial charge < -0.3 is 9.47 Å². The summed E-state index contributed by atoms with van der Waals surface area (Å²) in [7, 11) is 0. The maximum absolute atomic E-state index is 5.71. The maximum Gasteiger partial charge on any atom is 0.163 e. The van der Waals surface area contributed by atoms with Gasteiger partial charge in [0.1, 0.15) is 11.4 Å². The van der Waals surface area contributed by atoms with Gasteiger partial charge in [-0.05, 0) is 32.0 Å². The van der Waals surface area contributed by atoms with E-state index in [2.05, 4.69) is 22.1 Å². The average molecular weight is 326 g/mol. The number of ether oxygens (including phenoxy) is 2. The van der Waals surface area contributed by atoms with Crippen molar-refractivity contribution in [3.05, 3.63) is 48.8 Å². The highest BCUT2D eigenvalue weighted by atomic mass is 32.2. The lowest BCUT2D eigenvalue weighted by Gasteiger charge is -2.13. The van der Waals surface area contributed by atoms with Crippen LogP contribution < -0.4 is 9.47 Å². The van der Waals surface area contributed by atoms with E-state index in [9.17, 15) is 0 Å². The van der Waals surface area contributed by atoms with Crippen molar-refractivity contribution in [1.29, 1.82) is 0 Å². The Bertz CT molecular complexity index is 794. The van der Waals surface area contributed by atoms with E-state index >= 15 is 0 Å². The molecule has 2 aromatic carbocycles. The Balaban J connectivity index is 2.06. The van der Waals surface area contributed by atoms with Crippen molar-refractivity contribution < 1.29 is 9.47 Å². The first kappa shape index (κ1) is 15.6. The number of benzene rings is 2. The quantitative estimate of drug-likeness (QED) is 0.620. The van der Waals surface area contributed by atoms with E-state index in [1.54, 1.807) is 18.1 Å². The molecule has 0 N–H and O–H groups in total. The van der Waals surface area contributed by atoms with E-state index in [-0.39, 0.29) is 0 Å². The van der Waals surface area contributed by atoms with Gasteiger partial charge in [0.2, 0.25) is 0 Å². The minimum atomic E-state index is 0.584. The summed E-state index contributed by atoms with van der Waals surface area (Å²) in [5.41, 5.74) is 0.852. The first-order valence-corrected chi connectivity index (χ1v) is 8.40. The van der Waals surface area contributed by atoms with Crippen LogP contribution in [0.15, 0.2) is 58.7 Å². The molecule has 0 radical (unpaired) electrons. The summed E-state index contributed by atoms with van der Waals surface area (Å²) in [6, 6.07) is 14.1. The molecule has 1 aromatic heterocycles. The molecule has 0 bridgehead atoms. The topological polar surface area (TPSA) is 44.2 Å². The van der Waals surface area contributed by atoms with E-state index in [0.29, 0.717) is 13.2 Å². The van der Waals surface area contributed by atoms with Crippen LogP contribution >= 0.6 is 11.8 Å². The summed E-state index contributed by atoms with van der Waals surface area (Å²) in [6.07, 6.45) is 1.59. The van der Waals surface area contributed by atoms with Crippen LogP contribution in [0.2, 0.25) is 0 Å². The third-order valence-electron chi connectivity index (χ3n) is 3.22. The molecule has 0 spiro atoms. The molecule has 3 rings (SSSR count). The molecule has 0 aliphatic carbocycles. The molecule has 0 unspecified atom stereocenters. The molecule has 4 nitrogen and oxygen atoms in total. The Morgan fingerprint density at radius 2 is 1.61 bits per heavy atom. The molecule has 0 atom stereocenters. The Morgan fingerprint density at radius 1 is 0.913 bits per heavy atom. The second-order valence-electron chi connectivity index (χ2n) is 4.78. The number of hydrogen-bond donors (Lipinski definition) is 0. The SMILES string of the molecule is CCOc1cc2ncnc(Sc3ccccc3)c2cc1OCC. The zero-order valence-corrected chi connectivity index (χ0v) is 14.0. The summed E-state index contributed by atoms with van der Waals surface area (Å²) in [5, 5.41) is 1.87. The lowest BCUT2D eigenvalue weighted by molar-refractivity contribution is 0.288. The Hall–Kier alpha value is -2.27. The first-order valence-electron chi connectivity index (χ1n) is 7.59. The van der Waals surface area contributed by atoms with Crippen molar-refractivity contribution in [2.45, 2.75) is 23.8 Å². The summed E-state index contributed by atoms with van der Waals surface area (Å²) in [4.78, 5) is 9.94. The fraction of sp³-hybridized carbons (Fsp3) is 0.222. The van der Waals surface area contributed by atoms with Gasteiger partial charge >= 0.3 is 0 Å². The smallest absolute Gasteiger partial charge is 0.163 e. The lowest BCUT2D eigenvalue weighted by Crippen LogP contribution is -1.99. The third kappa shape index (κ3) is 3.56. The van der Waals surface area contributed by atoms with Crippen LogP contribution in [0.25, 0.3) is 10.9 Å². The largest absolute Gasteiger partial charge is 0.490 e. The zero-order chi connectivity index (χ0) is 16.1. The number of rotatable bonds is 6. The summed E-state index contributed by atoms with van der Waals surface area (Å²) in [6.45, 7) is 5.08. The second-order valence-corrected chi connectivity index (χ2v) is 5.84. The Labute approximate surface area is 139 Å². The maximum atomic E-state index is 5.71. The van der Waals surface area contributed by atoms with Crippen molar-refractivity contribution in [3.8, 4) is 11.5 Å². The van der Waals surface area contributed by atoms with Crippen molar-refractivity contribution in [3.63, 3.8) is 0 Å². The minimum absolute atomic E-state index is 0.584. The number of nitrogens with zero attached hydrogens (tertiary/aromatic N) is 2. The molecular formula is C18H18N2O2S. The molecule has 118 valence electrons. The molecule has 5 heteroatoms. The van der Waals surface area contributed by atoms with E-state index in [1.165, 1.54) is 0 Å². The fourth-order valence-corrected chi connectivity index (χ4v) is 3.15. The van der Waals surface area contributed by atoms with Gasteiger partial charge in [-0.2, -0.15) is 0 Å². The molecule has 0 saturated carbocycles. The van der Waals surface area contributed by atoms with Gasteiger partial charge in [-0.1, -0.05) is 30.0 Å². The van der Waals surface area contributed by atoms with Crippen molar-refractivity contribution >= 4 is 22.7 Å². The van der Waals surface area contributed by atoms with Gasteiger partial charge in [0.25, 0.3) is 0 Å². The fourth-order valence-electron chi connectivity index (χ4n) is 2.26. The predicted octanol–water partition coefficient (Wildman–Crippen LogP) is 4.58. The molecular weight excluding hydrogens is 308 g/mol.